The highest BCUT2D eigenvalue weighted by atomic mass is 32.2. The number of nitrogens with zero attached hydrogens (tertiary/aromatic N) is 3. The van der Waals surface area contributed by atoms with Crippen LogP contribution in [0.15, 0.2) is 40.1 Å². The average Bonchev–Trinajstić information content (AvgIpc) is 3.20. The van der Waals surface area contributed by atoms with Gasteiger partial charge in [-0.05, 0) is 40.7 Å². The number of aromatic nitrogens is 3. The van der Waals surface area contributed by atoms with Crippen molar-refractivity contribution < 1.29 is 9.21 Å². The van der Waals surface area contributed by atoms with Gasteiger partial charge in [-0.15, -0.1) is 10.2 Å². The first-order valence-electron chi connectivity index (χ1n) is 8.77. The van der Waals surface area contributed by atoms with Crippen LogP contribution in [0.5, 0.6) is 0 Å². The molecule has 0 aliphatic heterocycles. The molecule has 1 unspecified atom stereocenters. The number of hydrogen-bond acceptors (Lipinski definition) is 5. The van der Waals surface area contributed by atoms with Gasteiger partial charge in [-0.3, -0.25) is 4.79 Å². The molecule has 0 aliphatic rings. The Labute approximate surface area is 157 Å². The van der Waals surface area contributed by atoms with E-state index in [2.05, 4.69) is 15.2 Å². The first-order chi connectivity index (χ1) is 12.4. The van der Waals surface area contributed by atoms with Gasteiger partial charge in [0, 0.05) is 29.2 Å². The number of aromatic amines is 1. The van der Waals surface area contributed by atoms with Gasteiger partial charge in [0.15, 0.2) is 0 Å². The minimum absolute atomic E-state index is 0.0758. The summed E-state index contributed by atoms with van der Waals surface area (Å²) in [5, 5.41) is 9.40. The van der Waals surface area contributed by atoms with Crippen LogP contribution in [0.4, 0.5) is 0 Å². The van der Waals surface area contributed by atoms with E-state index in [-0.39, 0.29) is 23.2 Å². The molecular formula is C19H24N4O2S. The summed E-state index contributed by atoms with van der Waals surface area (Å²) in [5.41, 5.74) is 1.88. The quantitative estimate of drug-likeness (QED) is 0.651. The third-order valence-electron chi connectivity index (χ3n) is 4.22. The molecule has 1 aromatic carbocycles. The summed E-state index contributed by atoms with van der Waals surface area (Å²) in [4.78, 5) is 17.8. The summed E-state index contributed by atoms with van der Waals surface area (Å²) in [6.45, 7) is 9.97. The van der Waals surface area contributed by atoms with Crippen LogP contribution in [-0.4, -0.2) is 43.3 Å². The van der Waals surface area contributed by atoms with Crippen LogP contribution in [0.1, 0.15) is 34.6 Å². The van der Waals surface area contributed by atoms with Crippen LogP contribution >= 0.6 is 11.8 Å². The lowest BCUT2D eigenvalue weighted by molar-refractivity contribution is -0.133. The fourth-order valence-electron chi connectivity index (χ4n) is 3.13. The first kappa shape index (κ1) is 18.5. The van der Waals surface area contributed by atoms with E-state index in [0.29, 0.717) is 11.1 Å². The summed E-state index contributed by atoms with van der Waals surface area (Å²) in [6.07, 6.45) is 1.86. The molecule has 3 aromatic rings. The first-order valence-corrected chi connectivity index (χ1v) is 9.65. The largest absolute Gasteiger partial charge is 0.411 e. The number of carbonyl (C=O) groups is 1. The number of nitrogens with one attached hydrogen (secondary N) is 1. The molecule has 7 heteroatoms. The number of thioether (sulfide) groups is 1. The van der Waals surface area contributed by atoms with Crippen molar-refractivity contribution >= 4 is 28.6 Å². The molecule has 26 heavy (non-hydrogen) atoms. The highest BCUT2D eigenvalue weighted by molar-refractivity contribution is 8.00. The summed E-state index contributed by atoms with van der Waals surface area (Å²) in [7, 11) is 0. The Morgan fingerprint density at radius 3 is 2.50 bits per heavy atom. The normalized spacial score (nSPS) is 12.9. The zero-order valence-corrected chi connectivity index (χ0v) is 16.5. The number of benzene rings is 1. The monoisotopic (exact) mass is 372 g/mol. The second-order valence-corrected chi connectivity index (χ2v) is 8.11. The zero-order valence-electron chi connectivity index (χ0n) is 15.7. The fraction of sp³-hybridized carbons (Fsp3) is 0.421. The fourth-order valence-corrected chi connectivity index (χ4v) is 3.87. The Hall–Kier alpha value is -2.28. The molecule has 3 rings (SSSR count). The second kappa shape index (κ2) is 7.53. The molecule has 0 spiro atoms. The van der Waals surface area contributed by atoms with Crippen molar-refractivity contribution in [1.82, 2.24) is 20.1 Å². The lowest BCUT2D eigenvalue weighted by atomic mass is 10.2. The van der Waals surface area contributed by atoms with Gasteiger partial charge in [-0.2, -0.15) is 0 Å². The van der Waals surface area contributed by atoms with Gasteiger partial charge in [0.1, 0.15) is 0 Å². The smallest absolute Gasteiger partial charge is 0.277 e. The molecule has 1 atom stereocenters. The van der Waals surface area contributed by atoms with Crippen LogP contribution in [0.3, 0.4) is 0 Å². The van der Waals surface area contributed by atoms with Crippen molar-refractivity contribution in [2.24, 2.45) is 0 Å². The number of para-hydroxylation sites is 1. The standard InChI is InChI=1S/C19H24N4O2S/c1-11(2)23(12(3)4)18(24)13(5)26-19-22-21-17(25-19)15-10-20-16-9-7-6-8-14(15)16/h6-13,20H,1-5H3. The number of amides is 1. The number of carbonyl (C=O) groups excluding carboxylic acids is 1. The average molecular weight is 372 g/mol. The van der Waals surface area contributed by atoms with Gasteiger partial charge in [0.2, 0.25) is 5.91 Å². The molecule has 0 saturated carbocycles. The molecule has 6 nitrogen and oxygen atoms in total. The summed E-state index contributed by atoms with van der Waals surface area (Å²) < 4.78 is 5.81. The summed E-state index contributed by atoms with van der Waals surface area (Å²) in [6, 6.07) is 8.25. The molecular weight excluding hydrogens is 348 g/mol. The van der Waals surface area contributed by atoms with Crippen molar-refractivity contribution in [3.63, 3.8) is 0 Å². The highest BCUT2D eigenvalue weighted by Gasteiger charge is 2.27. The lowest BCUT2D eigenvalue weighted by Gasteiger charge is -2.32. The maximum atomic E-state index is 12.8. The Kier molecular flexibility index (Phi) is 5.36. The maximum absolute atomic E-state index is 12.8. The van der Waals surface area contributed by atoms with Gasteiger partial charge in [0.25, 0.3) is 11.1 Å². The molecule has 1 amide bonds. The molecule has 0 saturated heterocycles. The van der Waals surface area contributed by atoms with E-state index in [1.807, 2.05) is 70.0 Å². The van der Waals surface area contributed by atoms with Crippen molar-refractivity contribution in [3.8, 4) is 11.5 Å². The number of fused-ring (bicyclic) bond motifs is 1. The van der Waals surface area contributed by atoms with Gasteiger partial charge in [-0.25, -0.2) is 0 Å². The third-order valence-corrected chi connectivity index (χ3v) is 5.14. The second-order valence-electron chi connectivity index (χ2n) is 6.81. The number of H-pyrrole nitrogens is 1. The molecule has 2 aromatic heterocycles. The topological polar surface area (TPSA) is 75.0 Å². The van der Waals surface area contributed by atoms with E-state index in [1.54, 1.807) is 0 Å². The predicted molar refractivity (Wildman–Crippen MR) is 104 cm³/mol. The van der Waals surface area contributed by atoms with Crippen molar-refractivity contribution in [2.75, 3.05) is 0 Å². The molecule has 2 heterocycles. The highest BCUT2D eigenvalue weighted by Crippen LogP contribution is 2.31. The Bertz CT molecular complexity index is 892. The summed E-state index contributed by atoms with van der Waals surface area (Å²) in [5.74, 6) is 0.529. The predicted octanol–water partition coefficient (Wildman–Crippen LogP) is 4.34. The van der Waals surface area contributed by atoms with Crippen molar-refractivity contribution in [2.45, 2.75) is 57.2 Å². The van der Waals surface area contributed by atoms with E-state index in [0.717, 1.165) is 16.5 Å². The number of rotatable bonds is 6. The molecule has 0 fully saturated rings. The van der Waals surface area contributed by atoms with E-state index in [9.17, 15) is 4.79 Å². The number of hydrogen-bond donors (Lipinski definition) is 1. The lowest BCUT2D eigenvalue weighted by Crippen LogP contribution is -2.45. The molecule has 1 N–H and O–H groups in total. The minimum Gasteiger partial charge on any atom is -0.411 e. The van der Waals surface area contributed by atoms with Crippen LogP contribution in [0.2, 0.25) is 0 Å². The Balaban J connectivity index is 1.77. The van der Waals surface area contributed by atoms with Gasteiger partial charge >= 0.3 is 0 Å². The van der Waals surface area contributed by atoms with Crippen LogP contribution in [0.25, 0.3) is 22.4 Å². The molecule has 0 aliphatic carbocycles. The van der Waals surface area contributed by atoms with Gasteiger partial charge in [0.05, 0.1) is 10.8 Å². The molecule has 138 valence electrons. The van der Waals surface area contributed by atoms with E-state index < -0.39 is 0 Å². The van der Waals surface area contributed by atoms with Crippen LogP contribution in [0, 0.1) is 0 Å². The Morgan fingerprint density at radius 2 is 1.81 bits per heavy atom. The Morgan fingerprint density at radius 1 is 1.12 bits per heavy atom. The van der Waals surface area contributed by atoms with E-state index in [4.69, 9.17) is 4.42 Å². The molecule has 0 bridgehead atoms. The van der Waals surface area contributed by atoms with E-state index >= 15 is 0 Å². The maximum Gasteiger partial charge on any atom is 0.277 e. The van der Waals surface area contributed by atoms with Crippen LogP contribution in [-0.2, 0) is 4.79 Å². The van der Waals surface area contributed by atoms with Crippen molar-refractivity contribution in [3.05, 3.63) is 30.5 Å². The zero-order chi connectivity index (χ0) is 18.8. The SMILES string of the molecule is CC(Sc1nnc(-c2c[nH]c3ccccc23)o1)C(=O)N(C(C)C)C(C)C. The summed E-state index contributed by atoms with van der Waals surface area (Å²) >= 11 is 1.30. The minimum atomic E-state index is -0.295. The van der Waals surface area contributed by atoms with Crippen molar-refractivity contribution in [1.29, 1.82) is 0 Å². The van der Waals surface area contributed by atoms with Gasteiger partial charge < -0.3 is 14.3 Å². The third kappa shape index (κ3) is 3.62. The van der Waals surface area contributed by atoms with Crippen LogP contribution < -0.4 is 0 Å². The molecule has 0 radical (unpaired) electrons. The van der Waals surface area contributed by atoms with Gasteiger partial charge in [-0.1, -0.05) is 30.0 Å². The van der Waals surface area contributed by atoms with E-state index in [1.165, 1.54) is 11.8 Å².